The summed E-state index contributed by atoms with van der Waals surface area (Å²) in [6.07, 6.45) is 5.09. The summed E-state index contributed by atoms with van der Waals surface area (Å²) < 4.78 is 0. The van der Waals surface area contributed by atoms with Crippen LogP contribution in [-0.4, -0.2) is 17.4 Å². The summed E-state index contributed by atoms with van der Waals surface area (Å²) in [5, 5.41) is 3.07. The molecule has 0 saturated heterocycles. The van der Waals surface area contributed by atoms with Gasteiger partial charge in [-0.15, -0.1) is 6.58 Å². The third-order valence-corrected chi connectivity index (χ3v) is 4.28. The second kappa shape index (κ2) is 5.76. The zero-order chi connectivity index (χ0) is 15.6. The van der Waals surface area contributed by atoms with Crippen molar-refractivity contribution in [3.8, 4) is 11.3 Å². The molecule has 1 amide bonds. The van der Waals surface area contributed by atoms with Gasteiger partial charge in [-0.2, -0.15) is 0 Å². The number of aromatic nitrogens is 1. The van der Waals surface area contributed by atoms with Crippen molar-refractivity contribution in [2.75, 3.05) is 6.54 Å². The van der Waals surface area contributed by atoms with Gasteiger partial charge in [0.05, 0.1) is 5.69 Å². The Morgan fingerprint density at radius 3 is 2.82 bits per heavy atom. The van der Waals surface area contributed by atoms with Crippen LogP contribution in [0.15, 0.2) is 55.3 Å². The molecule has 1 aliphatic carbocycles. The number of hydrogen-bond donors (Lipinski definition) is 1. The minimum Gasteiger partial charge on any atom is -0.355 e. The van der Waals surface area contributed by atoms with E-state index < -0.39 is 5.41 Å². The number of amides is 1. The molecule has 3 heteroatoms. The SMILES string of the molecule is C=CCC1(C(=O)NCCC)c2ccccc2-c2ncccc21. The number of pyridine rings is 1. The molecule has 3 nitrogen and oxygen atoms in total. The molecular formula is C19H20N2O. The number of fused-ring (bicyclic) bond motifs is 3. The Morgan fingerprint density at radius 1 is 1.27 bits per heavy atom. The van der Waals surface area contributed by atoms with Gasteiger partial charge in [0.2, 0.25) is 5.91 Å². The third kappa shape index (κ3) is 1.97. The first-order valence-corrected chi connectivity index (χ1v) is 7.70. The molecule has 1 aromatic carbocycles. The Labute approximate surface area is 131 Å². The maximum atomic E-state index is 13.1. The number of carbonyl (C=O) groups excluding carboxylic acids is 1. The number of hydrogen-bond acceptors (Lipinski definition) is 2. The largest absolute Gasteiger partial charge is 0.355 e. The lowest BCUT2D eigenvalue weighted by atomic mass is 9.74. The average molecular weight is 292 g/mol. The van der Waals surface area contributed by atoms with Crippen LogP contribution in [0.25, 0.3) is 11.3 Å². The molecule has 1 N–H and O–H groups in total. The topological polar surface area (TPSA) is 42.0 Å². The van der Waals surface area contributed by atoms with E-state index in [2.05, 4.69) is 23.8 Å². The van der Waals surface area contributed by atoms with E-state index in [9.17, 15) is 4.79 Å². The average Bonchev–Trinajstić information content (AvgIpc) is 2.85. The van der Waals surface area contributed by atoms with Crippen LogP contribution < -0.4 is 5.32 Å². The number of nitrogens with zero attached hydrogens (tertiary/aromatic N) is 1. The van der Waals surface area contributed by atoms with Gasteiger partial charge in [0.1, 0.15) is 5.41 Å². The van der Waals surface area contributed by atoms with Crippen molar-refractivity contribution in [1.29, 1.82) is 0 Å². The summed E-state index contributed by atoms with van der Waals surface area (Å²) in [5.74, 6) is 0.0356. The highest BCUT2D eigenvalue weighted by Gasteiger charge is 2.48. The van der Waals surface area contributed by atoms with Gasteiger partial charge in [-0.3, -0.25) is 9.78 Å². The van der Waals surface area contributed by atoms with E-state index >= 15 is 0 Å². The Hall–Kier alpha value is -2.42. The highest BCUT2D eigenvalue weighted by Crippen LogP contribution is 2.50. The van der Waals surface area contributed by atoms with Gasteiger partial charge in [0, 0.05) is 18.3 Å². The van der Waals surface area contributed by atoms with Gasteiger partial charge in [-0.25, -0.2) is 0 Å². The molecule has 0 saturated carbocycles. The Balaban J connectivity index is 2.24. The van der Waals surface area contributed by atoms with Crippen molar-refractivity contribution in [3.63, 3.8) is 0 Å². The monoisotopic (exact) mass is 292 g/mol. The van der Waals surface area contributed by atoms with E-state index in [1.165, 1.54) is 0 Å². The zero-order valence-electron chi connectivity index (χ0n) is 12.8. The van der Waals surface area contributed by atoms with E-state index in [0.29, 0.717) is 13.0 Å². The van der Waals surface area contributed by atoms with Crippen LogP contribution >= 0.6 is 0 Å². The fourth-order valence-corrected chi connectivity index (χ4v) is 3.33. The molecule has 3 rings (SSSR count). The fraction of sp³-hybridized carbons (Fsp3) is 0.263. The fourth-order valence-electron chi connectivity index (χ4n) is 3.33. The molecule has 22 heavy (non-hydrogen) atoms. The predicted molar refractivity (Wildman–Crippen MR) is 88.6 cm³/mol. The van der Waals surface area contributed by atoms with E-state index in [4.69, 9.17) is 0 Å². The molecule has 112 valence electrons. The molecule has 0 bridgehead atoms. The molecule has 1 unspecified atom stereocenters. The summed E-state index contributed by atoms with van der Waals surface area (Å²) in [5.41, 5.74) is 3.25. The predicted octanol–water partition coefficient (Wildman–Crippen LogP) is 3.45. The summed E-state index contributed by atoms with van der Waals surface area (Å²) in [6, 6.07) is 12.0. The van der Waals surface area contributed by atoms with Gasteiger partial charge in [-0.05, 0) is 30.0 Å². The smallest absolute Gasteiger partial charge is 0.235 e. The van der Waals surface area contributed by atoms with Crippen LogP contribution in [-0.2, 0) is 10.2 Å². The molecular weight excluding hydrogens is 272 g/mol. The van der Waals surface area contributed by atoms with Crippen molar-refractivity contribution in [3.05, 3.63) is 66.4 Å². The van der Waals surface area contributed by atoms with Gasteiger partial charge < -0.3 is 5.32 Å². The molecule has 1 atom stereocenters. The van der Waals surface area contributed by atoms with Crippen LogP contribution in [0.3, 0.4) is 0 Å². The minimum atomic E-state index is -0.711. The molecule has 0 radical (unpaired) electrons. The first-order valence-electron chi connectivity index (χ1n) is 7.70. The molecule has 1 aliphatic rings. The number of benzene rings is 1. The van der Waals surface area contributed by atoms with Crippen LogP contribution in [0.1, 0.15) is 30.9 Å². The molecule has 0 aliphatic heterocycles. The Bertz CT molecular complexity index is 675. The molecule has 1 aromatic heterocycles. The lowest BCUT2D eigenvalue weighted by molar-refractivity contribution is -0.125. The quantitative estimate of drug-likeness (QED) is 0.858. The molecule has 1 heterocycles. The van der Waals surface area contributed by atoms with Gasteiger partial charge >= 0.3 is 0 Å². The van der Waals surface area contributed by atoms with Gasteiger partial charge in [-0.1, -0.05) is 43.3 Å². The summed E-state index contributed by atoms with van der Waals surface area (Å²) in [4.78, 5) is 17.6. The van der Waals surface area contributed by atoms with Gasteiger partial charge in [0.25, 0.3) is 0 Å². The van der Waals surface area contributed by atoms with Crippen LogP contribution in [0.5, 0.6) is 0 Å². The highest BCUT2D eigenvalue weighted by molar-refractivity contribution is 5.99. The number of carbonyl (C=O) groups is 1. The van der Waals surface area contributed by atoms with Crippen LogP contribution in [0, 0.1) is 0 Å². The number of allylic oxidation sites excluding steroid dienone is 1. The maximum Gasteiger partial charge on any atom is 0.235 e. The zero-order valence-corrected chi connectivity index (χ0v) is 12.8. The first kappa shape index (κ1) is 14.5. The van der Waals surface area contributed by atoms with Crippen molar-refractivity contribution in [1.82, 2.24) is 10.3 Å². The van der Waals surface area contributed by atoms with Gasteiger partial charge in [0.15, 0.2) is 0 Å². The number of nitrogens with one attached hydrogen (secondary N) is 1. The highest BCUT2D eigenvalue weighted by atomic mass is 16.2. The van der Waals surface area contributed by atoms with E-state index in [0.717, 1.165) is 28.8 Å². The summed E-state index contributed by atoms with van der Waals surface area (Å²) in [7, 11) is 0. The van der Waals surface area contributed by atoms with E-state index in [-0.39, 0.29) is 5.91 Å². The lowest BCUT2D eigenvalue weighted by Crippen LogP contribution is -2.44. The second-order valence-electron chi connectivity index (χ2n) is 5.60. The van der Waals surface area contributed by atoms with Crippen molar-refractivity contribution < 1.29 is 4.79 Å². The molecule has 0 spiro atoms. The van der Waals surface area contributed by atoms with Crippen LogP contribution in [0.2, 0.25) is 0 Å². The lowest BCUT2D eigenvalue weighted by Gasteiger charge is -2.29. The maximum absolute atomic E-state index is 13.1. The second-order valence-corrected chi connectivity index (χ2v) is 5.60. The van der Waals surface area contributed by atoms with E-state index in [1.54, 1.807) is 6.20 Å². The Kier molecular flexibility index (Phi) is 3.80. The standard InChI is InChI=1S/C19H20N2O/c1-3-11-19(18(22)21-12-4-2)15-9-6-5-8-14(15)17-16(19)10-7-13-20-17/h3,5-10,13H,1,4,11-12H2,2H3,(H,21,22). The summed E-state index contributed by atoms with van der Waals surface area (Å²) in [6.45, 7) is 6.61. The Morgan fingerprint density at radius 2 is 2.05 bits per heavy atom. The third-order valence-electron chi connectivity index (χ3n) is 4.28. The number of rotatable bonds is 5. The van der Waals surface area contributed by atoms with Crippen molar-refractivity contribution in [2.45, 2.75) is 25.2 Å². The normalized spacial score (nSPS) is 18.4. The first-order chi connectivity index (χ1) is 10.8. The van der Waals surface area contributed by atoms with E-state index in [1.807, 2.05) is 42.5 Å². The minimum absolute atomic E-state index is 0.0356. The molecule has 2 aromatic rings. The summed E-state index contributed by atoms with van der Waals surface area (Å²) >= 11 is 0. The molecule has 0 fully saturated rings. The van der Waals surface area contributed by atoms with Crippen LogP contribution in [0.4, 0.5) is 0 Å². The van der Waals surface area contributed by atoms with Crippen molar-refractivity contribution >= 4 is 5.91 Å². The van der Waals surface area contributed by atoms with Crippen molar-refractivity contribution in [2.24, 2.45) is 0 Å².